The van der Waals surface area contributed by atoms with E-state index in [0.29, 0.717) is 41.6 Å². The number of nitrogens with zero attached hydrogens (tertiary/aromatic N) is 2. The van der Waals surface area contributed by atoms with Crippen LogP contribution < -0.4 is 9.47 Å². The number of rotatable bonds is 4. The standard InChI is InChI=1S/C21H19ClN2O4/c1-26-17-4-3-5-18(27-2)19(17)21(25)24-11-10-15-16(12-24)23-28-20(15)13-6-8-14(22)9-7-13/h3-9H,10-12H2,1-2H3. The van der Waals surface area contributed by atoms with Crippen molar-refractivity contribution >= 4 is 17.5 Å². The number of carbonyl (C=O) groups is 1. The lowest BCUT2D eigenvalue weighted by Crippen LogP contribution is -2.36. The summed E-state index contributed by atoms with van der Waals surface area (Å²) in [5.74, 6) is 1.54. The van der Waals surface area contributed by atoms with Crippen LogP contribution in [0.2, 0.25) is 5.02 Å². The van der Waals surface area contributed by atoms with E-state index in [9.17, 15) is 4.79 Å². The average molecular weight is 399 g/mol. The SMILES string of the molecule is COc1cccc(OC)c1C(=O)N1CCc2c(noc2-c2ccc(Cl)cc2)C1. The first-order valence-electron chi connectivity index (χ1n) is 8.86. The summed E-state index contributed by atoms with van der Waals surface area (Å²) in [6.07, 6.45) is 0.653. The summed E-state index contributed by atoms with van der Waals surface area (Å²) in [4.78, 5) is 14.9. The molecule has 28 heavy (non-hydrogen) atoms. The van der Waals surface area contributed by atoms with Crippen molar-refractivity contribution in [2.24, 2.45) is 0 Å². The number of amides is 1. The Morgan fingerprint density at radius 2 is 1.79 bits per heavy atom. The normalized spacial score (nSPS) is 13.2. The average Bonchev–Trinajstić information content (AvgIpc) is 3.16. The smallest absolute Gasteiger partial charge is 0.261 e. The van der Waals surface area contributed by atoms with E-state index in [1.54, 1.807) is 23.1 Å². The van der Waals surface area contributed by atoms with E-state index in [0.717, 1.165) is 22.6 Å². The molecule has 0 fully saturated rings. The minimum absolute atomic E-state index is 0.156. The molecular formula is C21H19ClN2O4. The lowest BCUT2D eigenvalue weighted by atomic mass is 10.00. The topological polar surface area (TPSA) is 64.8 Å². The molecule has 144 valence electrons. The molecule has 1 aromatic heterocycles. The molecule has 0 saturated carbocycles. The summed E-state index contributed by atoms with van der Waals surface area (Å²) in [6.45, 7) is 0.918. The van der Waals surface area contributed by atoms with Crippen molar-refractivity contribution in [2.45, 2.75) is 13.0 Å². The Hall–Kier alpha value is -2.99. The van der Waals surface area contributed by atoms with Crippen molar-refractivity contribution < 1.29 is 18.8 Å². The van der Waals surface area contributed by atoms with Crippen molar-refractivity contribution in [1.29, 1.82) is 0 Å². The molecule has 0 spiro atoms. The Kier molecular flexibility index (Phi) is 4.96. The first-order chi connectivity index (χ1) is 13.6. The van der Waals surface area contributed by atoms with Crippen molar-refractivity contribution in [3.05, 3.63) is 64.3 Å². The molecule has 0 saturated heterocycles. The molecular weight excluding hydrogens is 380 g/mol. The minimum Gasteiger partial charge on any atom is -0.496 e. The number of carbonyl (C=O) groups excluding carboxylic acids is 1. The van der Waals surface area contributed by atoms with Crippen LogP contribution in [-0.2, 0) is 13.0 Å². The Bertz CT molecular complexity index is 991. The maximum atomic E-state index is 13.2. The molecule has 7 heteroatoms. The third-order valence-corrected chi connectivity index (χ3v) is 5.13. The number of fused-ring (bicyclic) bond motifs is 1. The number of aromatic nitrogens is 1. The van der Waals surface area contributed by atoms with Gasteiger partial charge >= 0.3 is 0 Å². The number of halogens is 1. The largest absolute Gasteiger partial charge is 0.496 e. The van der Waals surface area contributed by atoms with Gasteiger partial charge in [0.05, 0.1) is 20.8 Å². The predicted octanol–water partition coefficient (Wildman–Crippen LogP) is 4.21. The van der Waals surface area contributed by atoms with Crippen LogP contribution in [-0.4, -0.2) is 36.7 Å². The fraction of sp³-hybridized carbons (Fsp3) is 0.238. The zero-order chi connectivity index (χ0) is 19.7. The van der Waals surface area contributed by atoms with Gasteiger partial charge < -0.3 is 18.9 Å². The summed E-state index contributed by atoms with van der Waals surface area (Å²) in [7, 11) is 3.08. The summed E-state index contributed by atoms with van der Waals surface area (Å²) < 4.78 is 16.3. The molecule has 2 heterocycles. The second-order valence-electron chi connectivity index (χ2n) is 6.46. The van der Waals surface area contributed by atoms with Gasteiger partial charge in [0.25, 0.3) is 5.91 Å². The van der Waals surface area contributed by atoms with E-state index in [1.165, 1.54) is 14.2 Å². The molecule has 0 unspecified atom stereocenters. The van der Waals surface area contributed by atoms with Crippen molar-refractivity contribution in [1.82, 2.24) is 10.1 Å². The van der Waals surface area contributed by atoms with Gasteiger partial charge in [-0.1, -0.05) is 22.8 Å². The Morgan fingerprint density at radius 1 is 1.11 bits per heavy atom. The van der Waals surface area contributed by atoms with Crippen LogP contribution in [0.5, 0.6) is 11.5 Å². The minimum atomic E-state index is -0.156. The van der Waals surface area contributed by atoms with Gasteiger partial charge in [-0.25, -0.2) is 0 Å². The maximum absolute atomic E-state index is 13.2. The zero-order valence-electron chi connectivity index (χ0n) is 15.6. The molecule has 1 aliphatic rings. The summed E-state index contributed by atoms with van der Waals surface area (Å²) in [6, 6.07) is 12.7. The molecule has 1 amide bonds. The summed E-state index contributed by atoms with van der Waals surface area (Å²) >= 11 is 5.97. The maximum Gasteiger partial charge on any atom is 0.261 e. The third kappa shape index (κ3) is 3.20. The van der Waals surface area contributed by atoms with E-state index >= 15 is 0 Å². The second-order valence-corrected chi connectivity index (χ2v) is 6.89. The number of hydrogen-bond donors (Lipinski definition) is 0. The molecule has 6 nitrogen and oxygen atoms in total. The van der Waals surface area contributed by atoms with Crippen molar-refractivity contribution in [3.8, 4) is 22.8 Å². The Labute approximate surface area is 167 Å². The molecule has 0 aliphatic carbocycles. The van der Waals surface area contributed by atoms with E-state index in [-0.39, 0.29) is 5.91 Å². The monoisotopic (exact) mass is 398 g/mol. The fourth-order valence-electron chi connectivity index (χ4n) is 3.45. The zero-order valence-corrected chi connectivity index (χ0v) is 16.3. The van der Waals surface area contributed by atoms with E-state index in [1.807, 2.05) is 24.3 Å². The molecule has 3 aromatic rings. The quantitative estimate of drug-likeness (QED) is 0.658. The van der Waals surface area contributed by atoms with E-state index < -0.39 is 0 Å². The first kappa shape index (κ1) is 18.4. The van der Waals surface area contributed by atoms with E-state index in [2.05, 4.69) is 5.16 Å². The molecule has 1 aliphatic heterocycles. The molecule has 0 N–H and O–H groups in total. The van der Waals surface area contributed by atoms with Crippen LogP contribution in [0.1, 0.15) is 21.6 Å². The highest BCUT2D eigenvalue weighted by molar-refractivity contribution is 6.30. The van der Waals surface area contributed by atoms with Crippen LogP contribution in [0.3, 0.4) is 0 Å². The van der Waals surface area contributed by atoms with Crippen molar-refractivity contribution in [2.75, 3.05) is 20.8 Å². The molecule has 0 atom stereocenters. The fourth-order valence-corrected chi connectivity index (χ4v) is 3.58. The number of benzene rings is 2. The van der Waals surface area contributed by atoms with Gasteiger partial charge in [-0.05, 0) is 42.8 Å². The lowest BCUT2D eigenvalue weighted by Gasteiger charge is -2.27. The van der Waals surface area contributed by atoms with Gasteiger partial charge in [0, 0.05) is 22.7 Å². The molecule has 4 rings (SSSR count). The predicted molar refractivity (Wildman–Crippen MR) is 105 cm³/mol. The molecule has 0 bridgehead atoms. The van der Waals surface area contributed by atoms with Crippen LogP contribution in [0.4, 0.5) is 0 Å². The van der Waals surface area contributed by atoms with Gasteiger partial charge in [-0.15, -0.1) is 0 Å². The first-order valence-corrected chi connectivity index (χ1v) is 9.23. The van der Waals surface area contributed by atoms with Gasteiger partial charge in [0.2, 0.25) is 0 Å². The third-order valence-electron chi connectivity index (χ3n) is 4.88. The van der Waals surface area contributed by atoms with E-state index in [4.69, 9.17) is 25.6 Å². The summed E-state index contributed by atoms with van der Waals surface area (Å²) in [5, 5.41) is 4.87. The number of ether oxygens (including phenoxy) is 2. The molecule has 0 radical (unpaired) electrons. The van der Waals surface area contributed by atoms with Gasteiger partial charge in [-0.2, -0.15) is 0 Å². The second kappa shape index (κ2) is 7.56. The van der Waals surface area contributed by atoms with Crippen LogP contribution in [0.25, 0.3) is 11.3 Å². The highest BCUT2D eigenvalue weighted by atomic mass is 35.5. The van der Waals surface area contributed by atoms with Gasteiger partial charge in [0.1, 0.15) is 22.8 Å². The highest BCUT2D eigenvalue weighted by Gasteiger charge is 2.30. The lowest BCUT2D eigenvalue weighted by molar-refractivity contribution is 0.0724. The Balaban J connectivity index is 1.62. The van der Waals surface area contributed by atoms with Crippen LogP contribution in [0, 0.1) is 0 Å². The van der Waals surface area contributed by atoms with Crippen molar-refractivity contribution in [3.63, 3.8) is 0 Å². The number of methoxy groups -OCH3 is 2. The summed E-state index contributed by atoms with van der Waals surface area (Å²) in [5.41, 5.74) is 3.12. The van der Waals surface area contributed by atoms with Gasteiger partial charge in [-0.3, -0.25) is 4.79 Å². The van der Waals surface area contributed by atoms with Crippen LogP contribution >= 0.6 is 11.6 Å². The Morgan fingerprint density at radius 3 is 2.43 bits per heavy atom. The van der Waals surface area contributed by atoms with Crippen LogP contribution in [0.15, 0.2) is 47.0 Å². The number of hydrogen-bond acceptors (Lipinski definition) is 5. The van der Waals surface area contributed by atoms with Gasteiger partial charge in [0.15, 0.2) is 5.76 Å². The highest BCUT2D eigenvalue weighted by Crippen LogP contribution is 2.34. The molecule has 2 aromatic carbocycles.